The zero-order valence-corrected chi connectivity index (χ0v) is 11.6. The van der Waals surface area contributed by atoms with E-state index in [-0.39, 0.29) is 0 Å². The number of rotatable bonds is 5. The quantitative estimate of drug-likeness (QED) is 0.752. The number of para-hydroxylation sites is 1. The van der Waals surface area contributed by atoms with Gasteiger partial charge in [-0.2, -0.15) is 0 Å². The third-order valence-corrected chi connectivity index (χ3v) is 3.15. The number of nitrogens with two attached hydrogens (primary N) is 1. The van der Waals surface area contributed by atoms with Crippen LogP contribution in [-0.2, 0) is 0 Å². The molecule has 0 fully saturated rings. The number of anilines is 2. The van der Waals surface area contributed by atoms with Crippen LogP contribution in [0.2, 0.25) is 0 Å². The zero-order valence-electron chi connectivity index (χ0n) is 11.6. The molecule has 0 spiro atoms. The Labute approximate surface area is 123 Å². The molecule has 0 aliphatic heterocycles. The Morgan fingerprint density at radius 3 is 2.86 bits per heavy atom. The summed E-state index contributed by atoms with van der Waals surface area (Å²) in [5.41, 5.74) is 8.42. The number of ether oxygens (including phenoxy) is 1. The molecule has 0 aliphatic carbocycles. The van der Waals surface area contributed by atoms with Crippen LogP contribution in [0.25, 0.3) is 10.9 Å². The Hall–Kier alpha value is -2.59. The summed E-state index contributed by atoms with van der Waals surface area (Å²) < 4.78 is 5.54. The van der Waals surface area contributed by atoms with E-state index in [0.29, 0.717) is 13.2 Å². The van der Waals surface area contributed by atoms with E-state index in [0.717, 1.165) is 28.0 Å². The number of fused-ring (bicyclic) bond motifs is 1. The molecular weight excluding hydrogens is 262 g/mol. The SMILES string of the molecule is NCCOc1cccc(Nc2ccnc3ccccc23)c1. The largest absolute Gasteiger partial charge is 0.492 e. The molecule has 4 heteroatoms. The van der Waals surface area contributed by atoms with Gasteiger partial charge in [-0.05, 0) is 24.3 Å². The molecule has 1 aromatic heterocycles. The van der Waals surface area contributed by atoms with Crippen molar-refractivity contribution >= 4 is 22.3 Å². The van der Waals surface area contributed by atoms with E-state index in [4.69, 9.17) is 10.5 Å². The molecule has 0 saturated carbocycles. The van der Waals surface area contributed by atoms with E-state index in [9.17, 15) is 0 Å². The number of nitrogens with zero attached hydrogens (tertiary/aromatic N) is 1. The van der Waals surface area contributed by atoms with Gasteiger partial charge in [-0.3, -0.25) is 4.98 Å². The first-order valence-electron chi connectivity index (χ1n) is 6.90. The van der Waals surface area contributed by atoms with Crippen molar-refractivity contribution in [1.82, 2.24) is 4.98 Å². The lowest BCUT2D eigenvalue weighted by molar-refractivity contribution is 0.328. The monoisotopic (exact) mass is 279 g/mol. The van der Waals surface area contributed by atoms with Crippen LogP contribution in [-0.4, -0.2) is 18.1 Å². The van der Waals surface area contributed by atoms with Crippen LogP contribution in [0.5, 0.6) is 5.75 Å². The van der Waals surface area contributed by atoms with E-state index in [1.807, 2.05) is 48.5 Å². The predicted octanol–water partition coefficient (Wildman–Crippen LogP) is 3.32. The van der Waals surface area contributed by atoms with Gasteiger partial charge >= 0.3 is 0 Å². The number of pyridine rings is 1. The topological polar surface area (TPSA) is 60.2 Å². The molecule has 3 rings (SSSR count). The fraction of sp³-hybridized carbons (Fsp3) is 0.118. The summed E-state index contributed by atoms with van der Waals surface area (Å²) in [6.07, 6.45) is 1.80. The highest BCUT2D eigenvalue weighted by Gasteiger charge is 2.02. The molecule has 3 N–H and O–H groups in total. The first-order valence-corrected chi connectivity index (χ1v) is 6.90. The van der Waals surface area contributed by atoms with Crippen molar-refractivity contribution in [3.63, 3.8) is 0 Å². The molecule has 0 unspecified atom stereocenters. The molecule has 2 aromatic carbocycles. The summed E-state index contributed by atoms with van der Waals surface area (Å²) >= 11 is 0. The van der Waals surface area contributed by atoms with E-state index >= 15 is 0 Å². The van der Waals surface area contributed by atoms with Crippen LogP contribution in [0.15, 0.2) is 60.8 Å². The highest BCUT2D eigenvalue weighted by molar-refractivity contribution is 5.92. The Balaban J connectivity index is 1.88. The van der Waals surface area contributed by atoms with E-state index in [1.54, 1.807) is 6.20 Å². The lowest BCUT2D eigenvalue weighted by Gasteiger charge is -2.11. The molecule has 3 aromatic rings. The molecular formula is C17H17N3O. The normalized spacial score (nSPS) is 10.5. The minimum Gasteiger partial charge on any atom is -0.492 e. The second-order valence-corrected chi connectivity index (χ2v) is 4.67. The smallest absolute Gasteiger partial charge is 0.121 e. The van der Waals surface area contributed by atoms with Crippen molar-refractivity contribution < 1.29 is 4.74 Å². The van der Waals surface area contributed by atoms with Crippen molar-refractivity contribution in [1.29, 1.82) is 0 Å². The predicted molar refractivity (Wildman–Crippen MR) is 86.0 cm³/mol. The number of aromatic nitrogens is 1. The van der Waals surface area contributed by atoms with Gasteiger partial charge in [0.1, 0.15) is 12.4 Å². The van der Waals surface area contributed by atoms with Gasteiger partial charge < -0.3 is 15.8 Å². The van der Waals surface area contributed by atoms with Crippen LogP contribution in [0.3, 0.4) is 0 Å². The highest BCUT2D eigenvalue weighted by atomic mass is 16.5. The Bertz CT molecular complexity index is 737. The van der Waals surface area contributed by atoms with Crippen molar-refractivity contribution in [3.05, 3.63) is 60.8 Å². The fourth-order valence-corrected chi connectivity index (χ4v) is 2.20. The summed E-state index contributed by atoms with van der Waals surface area (Å²) in [6.45, 7) is 1.02. The summed E-state index contributed by atoms with van der Waals surface area (Å²) in [5.74, 6) is 0.809. The Morgan fingerprint density at radius 2 is 1.95 bits per heavy atom. The van der Waals surface area contributed by atoms with Crippen molar-refractivity contribution in [2.45, 2.75) is 0 Å². The molecule has 21 heavy (non-hydrogen) atoms. The summed E-state index contributed by atoms with van der Waals surface area (Å²) in [7, 11) is 0. The lowest BCUT2D eigenvalue weighted by Crippen LogP contribution is -2.10. The van der Waals surface area contributed by atoms with E-state index < -0.39 is 0 Å². The molecule has 1 heterocycles. The van der Waals surface area contributed by atoms with Crippen LogP contribution < -0.4 is 15.8 Å². The zero-order chi connectivity index (χ0) is 14.5. The maximum Gasteiger partial charge on any atom is 0.121 e. The number of nitrogens with one attached hydrogen (secondary N) is 1. The van der Waals surface area contributed by atoms with Gasteiger partial charge in [0.25, 0.3) is 0 Å². The van der Waals surface area contributed by atoms with Gasteiger partial charge in [0.2, 0.25) is 0 Å². The molecule has 0 atom stereocenters. The first kappa shape index (κ1) is 13.4. The van der Waals surface area contributed by atoms with Crippen LogP contribution in [0.4, 0.5) is 11.4 Å². The number of hydrogen-bond acceptors (Lipinski definition) is 4. The molecule has 106 valence electrons. The van der Waals surface area contributed by atoms with Gasteiger partial charge in [-0.15, -0.1) is 0 Å². The third kappa shape index (κ3) is 3.12. The van der Waals surface area contributed by atoms with Gasteiger partial charge in [0, 0.05) is 35.6 Å². The minimum atomic E-state index is 0.507. The van der Waals surface area contributed by atoms with Crippen molar-refractivity contribution in [2.75, 3.05) is 18.5 Å². The maximum absolute atomic E-state index is 5.54. The van der Waals surface area contributed by atoms with Crippen LogP contribution in [0.1, 0.15) is 0 Å². The number of hydrogen-bond donors (Lipinski definition) is 2. The summed E-state index contributed by atoms with van der Waals surface area (Å²) in [5, 5.41) is 4.50. The lowest BCUT2D eigenvalue weighted by atomic mass is 10.2. The van der Waals surface area contributed by atoms with Gasteiger partial charge in [-0.1, -0.05) is 24.3 Å². The minimum absolute atomic E-state index is 0.507. The van der Waals surface area contributed by atoms with E-state index in [2.05, 4.69) is 16.4 Å². The molecule has 0 radical (unpaired) electrons. The second kappa shape index (κ2) is 6.24. The van der Waals surface area contributed by atoms with Crippen molar-refractivity contribution in [2.24, 2.45) is 5.73 Å². The molecule has 0 saturated heterocycles. The van der Waals surface area contributed by atoms with Crippen molar-refractivity contribution in [3.8, 4) is 5.75 Å². The van der Waals surface area contributed by atoms with E-state index in [1.165, 1.54) is 0 Å². The first-order chi connectivity index (χ1) is 10.4. The highest BCUT2D eigenvalue weighted by Crippen LogP contribution is 2.26. The van der Waals surface area contributed by atoms with Gasteiger partial charge in [-0.25, -0.2) is 0 Å². The van der Waals surface area contributed by atoms with Crippen LogP contribution >= 0.6 is 0 Å². The average molecular weight is 279 g/mol. The summed E-state index contributed by atoms with van der Waals surface area (Å²) in [4.78, 5) is 4.36. The number of benzene rings is 2. The Morgan fingerprint density at radius 1 is 1.05 bits per heavy atom. The summed E-state index contributed by atoms with van der Waals surface area (Å²) in [6, 6.07) is 17.9. The molecule has 4 nitrogen and oxygen atoms in total. The maximum atomic E-state index is 5.54. The molecule has 0 bridgehead atoms. The second-order valence-electron chi connectivity index (χ2n) is 4.67. The Kier molecular flexibility index (Phi) is 3.98. The van der Waals surface area contributed by atoms with Gasteiger partial charge in [0.05, 0.1) is 5.52 Å². The molecule has 0 aliphatic rings. The third-order valence-electron chi connectivity index (χ3n) is 3.15. The fourth-order valence-electron chi connectivity index (χ4n) is 2.20. The van der Waals surface area contributed by atoms with Crippen LogP contribution in [0, 0.1) is 0 Å². The van der Waals surface area contributed by atoms with Gasteiger partial charge in [0.15, 0.2) is 0 Å². The standard InChI is InChI=1S/C17H17N3O/c18-9-11-21-14-5-3-4-13(12-14)20-17-8-10-19-16-7-2-1-6-15(16)17/h1-8,10,12H,9,11,18H2,(H,19,20). The molecule has 0 amide bonds. The average Bonchev–Trinajstić information content (AvgIpc) is 2.54.